The Bertz CT molecular complexity index is 126. The van der Waals surface area contributed by atoms with Gasteiger partial charge in [-0.15, -0.1) is 11.8 Å². The zero-order chi connectivity index (χ0) is 9.40. The lowest BCUT2D eigenvalue weighted by atomic mass is 10.2. The summed E-state index contributed by atoms with van der Waals surface area (Å²) in [6.07, 6.45) is 4.02. The standard InChI is InChI=1S/C9H18O2S/c1-3-5-7-12-8(6-4-2)9(10)11/h8H,3-7H2,1-2H3,(H,10,11). The van der Waals surface area contributed by atoms with Crippen molar-refractivity contribution >= 4 is 17.7 Å². The van der Waals surface area contributed by atoms with Gasteiger partial charge in [0, 0.05) is 0 Å². The Morgan fingerprint density at radius 3 is 2.50 bits per heavy atom. The molecule has 0 bridgehead atoms. The fraction of sp³-hybridized carbons (Fsp3) is 0.889. The van der Waals surface area contributed by atoms with E-state index in [1.165, 1.54) is 0 Å². The average molecular weight is 190 g/mol. The summed E-state index contributed by atoms with van der Waals surface area (Å²) >= 11 is 1.58. The van der Waals surface area contributed by atoms with Crippen molar-refractivity contribution in [3.63, 3.8) is 0 Å². The number of rotatable bonds is 7. The fourth-order valence-corrected chi connectivity index (χ4v) is 2.20. The van der Waals surface area contributed by atoms with Gasteiger partial charge in [0.15, 0.2) is 0 Å². The largest absolute Gasteiger partial charge is 0.480 e. The number of carboxylic acids is 1. The van der Waals surface area contributed by atoms with Crippen LogP contribution in [0.5, 0.6) is 0 Å². The van der Waals surface area contributed by atoms with E-state index in [4.69, 9.17) is 5.11 Å². The van der Waals surface area contributed by atoms with E-state index in [-0.39, 0.29) is 5.25 Å². The van der Waals surface area contributed by atoms with E-state index in [1.54, 1.807) is 11.8 Å². The van der Waals surface area contributed by atoms with Crippen molar-refractivity contribution in [2.45, 2.75) is 44.8 Å². The van der Waals surface area contributed by atoms with Gasteiger partial charge in [0.05, 0.1) is 0 Å². The molecular formula is C9H18O2S. The zero-order valence-electron chi connectivity index (χ0n) is 7.88. The molecule has 0 heterocycles. The Labute approximate surface area is 78.7 Å². The molecule has 3 heteroatoms. The molecule has 1 N–H and O–H groups in total. The normalized spacial score (nSPS) is 12.8. The van der Waals surface area contributed by atoms with Gasteiger partial charge in [0.1, 0.15) is 5.25 Å². The first-order valence-electron chi connectivity index (χ1n) is 4.56. The summed E-state index contributed by atoms with van der Waals surface area (Å²) in [4.78, 5) is 10.7. The molecule has 2 nitrogen and oxygen atoms in total. The van der Waals surface area contributed by atoms with Crippen LogP contribution in [0.15, 0.2) is 0 Å². The molecule has 0 amide bonds. The Balaban J connectivity index is 3.56. The van der Waals surface area contributed by atoms with Crippen LogP contribution in [0.1, 0.15) is 39.5 Å². The van der Waals surface area contributed by atoms with Gasteiger partial charge >= 0.3 is 5.97 Å². The monoisotopic (exact) mass is 190 g/mol. The van der Waals surface area contributed by atoms with Crippen LogP contribution in [-0.2, 0) is 4.79 Å². The molecular weight excluding hydrogens is 172 g/mol. The molecule has 0 aliphatic rings. The molecule has 0 aliphatic carbocycles. The highest BCUT2D eigenvalue weighted by Crippen LogP contribution is 2.17. The minimum atomic E-state index is -0.655. The second-order valence-electron chi connectivity index (χ2n) is 2.84. The Kier molecular flexibility index (Phi) is 7.36. The zero-order valence-corrected chi connectivity index (χ0v) is 8.69. The molecule has 0 aromatic carbocycles. The first-order valence-corrected chi connectivity index (χ1v) is 5.61. The van der Waals surface area contributed by atoms with E-state index >= 15 is 0 Å². The summed E-state index contributed by atoms with van der Waals surface area (Å²) in [5.41, 5.74) is 0. The number of aliphatic carboxylic acids is 1. The van der Waals surface area contributed by atoms with Gasteiger partial charge in [-0.1, -0.05) is 26.7 Å². The maximum Gasteiger partial charge on any atom is 0.316 e. The molecule has 0 spiro atoms. The van der Waals surface area contributed by atoms with Crippen LogP contribution in [0.25, 0.3) is 0 Å². The number of unbranched alkanes of at least 4 members (excludes halogenated alkanes) is 1. The fourth-order valence-electron chi connectivity index (χ4n) is 0.910. The Morgan fingerprint density at radius 1 is 1.42 bits per heavy atom. The van der Waals surface area contributed by atoms with Crippen LogP contribution in [0, 0.1) is 0 Å². The van der Waals surface area contributed by atoms with Gasteiger partial charge in [0.25, 0.3) is 0 Å². The van der Waals surface area contributed by atoms with Gasteiger partial charge in [-0.05, 0) is 18.6 Å². The molecule has 0 aromatic rings. The maximum absolute atomic E-state index is 10.7. The van der Waals surface area contributed by atoms with Gasteiger partial charge in [-0.3, -0.25) is 4.79 Å². The average Bonchev–Trinajstić information content (AvgIpc) is 2.03. The van der Waals surface area contributed by atoms with E-state index in [0.29, 0.717) is 0 Å². The first-order chi connectivity index (χ1) is 5.72. The molecule has 72 valence electrons. The van der Waals surface area contributed by atoms with Crippen molar-refractivity contribution in [1.82, 2.24) is 0 Å². The number of hydrogen-bond donors (Lipinski definition) is 1. The SMILES string of the molecule is CCCCSC(CCC)C(=O)O. The summed E-state index contributed by atoms with van der Waals surface area (Å²) in [5, 5.41) is 8.60. The second kappa shape index (κ2) is 7.47. The summed E-state index contributed by atoms with van der Waals surface area (Å²) in [5.74, 6) is 0.325. The second-order valence-corrected chi connectivity index (χ2v) is 4.15. The van der Waals surface area contributed by atoms with Crippen molar-refractivity contribution in [2.75, 3.05) is 5.75 Å². The minimum absolute atomic E-state index is 0.179. The molecule has 0 radical (unpaired) electrons. The predicted octanol–water partition coefficient (Wildman–Crippen LogP) is 2.77. The minimum Gasteiger partial charge on any atom is -0.480 e. The van der Waals surface area contributed by atoms with Gasteiger partial charge < -0.3 is 5.11 Å². The van der Waals surface area contributed by atoms with Crippen LogP contribution in [0.3, 0.4) is 0 Å². The molecule has 0 aliphatic heterocycles. The third-order valence-electron chi connectivity index (χ3n) is 1.64. The molecule has 0 aromatic heterocycles. The highest BCUT2D eigenvalue weighted by atomic mass is 32.2. The Hall–Kier alpha value is -0.180. The lowest BCUT2D eigenvalue weighted by molar-refractivity contribution is -0.136. The molecule has 1 unspecified atom stereocenters. The quantitative estimate of drug-likeness (QED) is 0.627. The van der Waals surface area contributed by atoms with Gasteiger partial charge in [-0.2, -0.15) is 0 Å². The summed E-state index contributed by atoms with van der Waals surface area (Å²) in [6, 6.07) is 0. The van der Waals surface area contributed by atoms with Crippen LogP contribution < -0.4 is 0 Å². The molecule has 1 atom stereocenters. The van der Waals surface area contributed by atoms with Crippen molar-refractivity contribution in [3.05, 3.63) is 0 Å². The number of thioether (sulfide) groups is 1. The van der Waals surface area contributed by atoms with E-state index in [0.717, 1.165) is 31.4 Å². The third kappa shape index (κ3) is 5.47. The van der Waals surface area contributed by atoms with E-state index in [2.05, 4.69) is 6.92 Å². The number of hydrogen-bond acceptors (Lipinski definition) is 2. The highest BCUT2D eigenvalue weighted by molar-refractivity contribution is 8.00. The smallest absolute Gasteiger partial charge is 0.316 e. The van der Waals surface area contributed by atoms with E-state index in [9.17, 15) is 4.79 Å². The topological polar surface area (TPSA) is 37.3 Å². The van der Waals surface area contributed by atoms with Gasteiger partial charge in [0.2, 0.25) is 0 Å². The third-order valence-corrected chi connectivity index (χ3v) is 3.01. The van der Waals surface area contributed by atoms with E-state index in [1.807, 2.05) is 6.92 Å². The highest BCUT2D eigenvalue weighted by Gasteiger charge is 2.15. The van der Waals surface area contributed by atoms with Crippen molar-refractivity contribution in [1.29, 1.82) is 0 Å². The van der Waals surface area contributed by atoms with Gasteiger partial charge in [-0.25, -0.2) is 0 Å². The number of carbonyl (C=O) groups is 1. The van der Waals surface area contributed by atoms with E-state index < -0.39 is 5.97 Å². The van der Waals surface area contributed by atoms with Crippen LogP contribution in [0.2, 0.25) is 0 Å². The predicted molar refractivity (Wildman–Crippen MR) is 53.7 cm³/mol. The summed E-state index contributed by atoms with van der Waals surface area (Å²) in [6.45, 7) is 4.15. The van der Waals surface area contributed by atoms with Crippen LogP contribution in [-0.4, -0.2) is 22.1 Å². The molecule has 0 rings (SSSR count). The molecule has 0 saturated heterocycles. The number of carboxylic acid groups (broad SMARTS) is 1. The van der Waals surface area contributed by atoms with Crippen LogP contribution >= 0.6 is 11.8 Å². The lowest BCUT2D eigenvalue weighted by Gasteiger charge is -2.09. The van der Waals surface area contributed by atoms with Crippen molar-refractivity contribution in [3.8, 4) is 0 Å². The van der Waals surface area contributed by atoms with Crippen LogP contribution in [0.4, 0.5) is 0 Å². The van der Waals surface area contributed by atoms with Crippen molar-refractivity contribution in [2.24, 2.45) is 0 Å². The lowest BCUT2D eigenvalue weighted by Crippen LogP contribution is -2.16. The maximum atomic E-state index is 10.7. The molecule has 0 saturated carbocycles. The Morgan fingerprint density at radius 2 is 2.08 bits per heavy atom. The molecule has 0 fully saturated rings. The molecule has 12 heavy (non-hydrogen) atoms. The van der Waals surface area contributed by atoms with Crippen molar-refractivity contribution < 1.29 is 9.90 Å². The first kappa shape index (κ1) is 11.8. The summed E-state index contributed by atoms with van der Waals surface area (Å²) < 4.78 is 0. The summed E-state index contributed by atoms with van der Waals surface area (Å²) in [7, 11) is 0.